The van der Waals surface area contributed by atoms with Gasteiger partial charge in [-0.25, -0.2) is 16.8 Å². The van der Waals surface area contributed by atoms with Crippen LogP contribution in [0.25, 0.3) is 0 Å². The molecule has 8 nitrogen and oxygen atoms in total. The molecule has 294 valence electrons. The van der Waals surface area contributed by atoms with E-state index >= 15 is 0 Å². The lowest BCUT2D eigenvalue weighted by molar-refractivity contribution is 0.226. The van der Waals surface area contributed by atoms with Crippen molar-refractivity contribution in [1.29, 1.82) is 0 Å². The fraction of sp³-hybridized carbons (Fsp3) is 0.125. The third-order valence-electron chi connectivity index (χ3n) is 9.61. The van der Waals surface area contributed by atoms with Crippen LogP contribution in [-0.4, -0.2) is 16.8 Å². The summed E-state index contributed by atoms with van der Waals surface area (Å²) >= 11 is 0. The third-order valence-corrected chi connectivity index (χ3v) is 13.2. The molecule has 0 radical (unpaired) electrons. The van der Waals surface area contributed by atoms with Gasteiger partial charge in [-0.2, -0.15) is 0 Å². The largest absolute Gasteiger partial charge is 0.489 e. The van der Waals surface area contributed by atoms with E-state index in [-0.39, 0.29) is 45.0 Å². The summed E-state index contributed by atoms with van der Waals surface area (Å²) in [5.74, 6) is 2.17. The van der Waals surface area contributed by atoms with E-state index in [0.717, 1.165) is 22.3 Å². The van der Waals surface area contributed by atoms with Crippen molar-refractivity contribution in [2.24, 2.45) is 0 Å². The van der Waals surface area contributed by atoms with Gasteiger partial charge in [0.25, 0.3) is 0 Å². The van der Waals surface area contributed by atoms with Gasteiger partial charge in [0.1, 0.15) is 48.4 Å². The minimum Gasteiger partial charge on any atom is -0.489 e. The monoisotopic (exact) mass is 810 g/mol. The molecular weight excluding hydrogens is 769 g/mol. The van der Waals surface area contributed by atoms with Gasteiger partial charge in [-0.05, 0) is 133 Å². The Balaban J connectivity index is 0.921. The molecule has 10 heteroatoms. The van der Waals surface area contributed by atoms with Crippen LogP contribution in [0.15, 0.2) is 202 Å². The summed E-state index contributed by atoms with van der Waals surface area (Å²) in [6, 6.07) is 52.8. The Labute approximate surface area is 340 Å². The van der Waals surface area contributed by atoms with E-state index in [1.54, 1.807) is 72.8 Å². The Morgan fingerprint density at radius 1 is 0.362 bits per heavy atom. The van der Waals surface area contributed by atoms with E-state index in [0.29, 0.717) is 23.0 Å². The molecule has 0 saturated carbocycles. The van der Waals surface area contributed by atoms with Crippen molar-refractivity contribution in [3.8, 4) is 23.0 Å². The SMILES string of the molecule is CC(Oc1ccc(S(=O)(=O)c2ccc(OCc3ccccc3COc3ccc(S(=O)(=O)c4ccc(OC(C)c5ccccc5)cc4)cc3)cc2)cc1)c1ccccc1. The van der Waals surface area contributed by atoms with Crippen LogP contribution >= 0.6 is 0 Å². The molecule has 58 heavy (non-hydrogen) atoms. The fourth-order valence-electron chi connectivity index (χ4n) is 6.25. The normalized spacial score (nSPS) is 12.6. The predicted molar refractivity (Wildman–Crippen MR) is 223 cm³/mol. The van der Waals surface area contributed by atoms with Crippen LogP contribution in [0, 0.1) is 0 Å². The van der Waals surface area contributed by atoms with Gasteiger partial charge in [0.05, 0.1) is 19.6 Å². The first-order valence-corrected chi connectivity index (χ1v) is 21.7. The summed E-state index contributed by atoms with van der Waals surface area (Å²) in [6.45, 7) is 4.34. The van der Waals surface area contributed by atoms with Crippen molar-refractivity contribution in [1.82, 2.24) is 0 Å². The minimum atomic E-state index is -3.77. The maximum atomic E-state index is 13.4. The van der Waals surface area contributed by atoms with E-state index < -0.39 is 19.7 Å². The molecule has 0 aromatic heterocycles. The van der Waals surface area contributed by atoms with E-state index in [4.69, 9.17) is 18.9 Å². The van der Waals surface area contributed by atoms with Crippen LogP contribution in [0.4, 0.5) is 0 Å². The summed E-state index contributed by atoms with van der Waals surface area (Å²) in [7, 11) is -7.53. The molecule has 0 aliphatic heterocycles. The molecule has 0 saturated heterocycles. The third kappa shape index (κ3) is 9.59. The highest BCUT2D eigenvalue weighted by molar-refractivity contribution is 7.91. The molecule has 0 N–H and O–H groups in total. The van der Waals surface area contributed by atoms with Gasteiger partial charge in [-0.15, -0.1) is 0 Å². The Morgan fingerprint density at radius 2 is 0.638 bits per heavy atom. The number of rotatable bonds is 16. The average molecular weight is 811 g/mol. The van der Waals surface area contributed by atoms with Gasteiger partial charge in [0, 0.05) is 0 Å². The van der Waals surface area contributed by atoms with Crippen molar-refractivity contribution < 1.29 is 35.8 Å². The van der Waals surface area contributed by atoms with Crippen LogP contribution in [0.2, 0.25) is 0 Å². The zero-order chi connectivity index (χ0) is 40.5. The van der Waals surface area contributed by atoms with Crippen LogP contribution in [-0.2, 0) is 32.9 Å². The average Bonchev–Trinajstić information content (AvgIpc) is 3.26. The first-order valence-electron chi connectivity index (χ1n) is 18.7. The van der Waals surface area contributed by atoms with Gasteiger partial charge in [0.2, 0.25) is 19.7 Å². The Hall–Kier alpha value is -6.36. The van der Waals surface area contributed by atoms with Crippen molar-refractivity contribution >= 4 is 19.7 Å². The molecule has 0 aliphatic rings. The van der Waals surface area contributed by atoms with E-state index in [9.17, 15) is 16.8 Å². The summed E-state index contributed by atoms with van der Waals surface area (Å²) in [6.07, 6.45) is -0.372. The Kier molecular flexibility index (Phi) is 12.3. The van der Waals surface area contributed by atoms with Crippen molar-refractivity contribution in [3.63, 3.8) is 0 Å². The molecule has 0 heterocycles. The first kappa shape index (κ1) is 39.9. The summed E-state index contributed by atoms with van der Waals surface area (Å²) in [5.41, 5.74) is 3.81. The smallest absolute Gasteiger partial charge is 0.206 e. The molecule has 0 bridgehead atoms. The topological polar surface area (TPSA) is 105 Å². The zero-order valence-electron chi connectivity index (χ0n) is 32.0. The van der Waals surface area contributed by atoms with Gasteiger partial charge in [0.15, 0.2) is 0 Å². The number of ether oxygens (including phenoxy) is 4. The molecule has 0 fully saturated rings. The van der Waals surface area contributed by atoms with Gasteiger partial charge in [-0.3, -0.25) is 0 Å². The molecule has 7 aromatic rings. The highest BCUT2D eigenvalue weighted by Gasteiger charge is 2.20. The molecule has 2 unspecified atom stereocenters. The van der Waals surface area contributed by atoms with E-state index in [1.807, 2.05) is 98.8 Å². The first-order chi connectivity index (χ1) is 28.1. The van der Waals surface area contributed by atoms with E-state index in [1.165, 1.54) is 24.3 Å². The maximum Gasteiger partial charge on any atom is 0.206 e. The molecular formula is C48H42O8S2. The molecule has 7 aromatic carbocycles. The lowest BCUT2D eigenvalue weighted by Gasteiger charge is -2.15. The van der Waals surface area contributed by atoms with Crippen LogP contribution in [0.5, 0.6) is 23.0 Å². The molecule has 0 amide bonds. The second kappa shape index (κ2) is 17.8. The Bertz CT molecular complexity index is 2440. The molecule has 0 spiro atoms. The van der Waals surface area contributed by atoms with Crippen molar-refractivity contribution in [3.05, 3.63) is 204 Å². The van der Waals surface area contributed by atoms with E-state index in [2.05, 4.69) is 0 Å². The lowest BCUT2D eigenvalue weighted by Crippen LogP contribution is -2.05. The highest BCUT2D eigenvalue weighted by Crippen LogP contribution is 2.30. The molecule has 7 rings (SSSR count). The van der Waals surface area contributed by atoms with Gasteiger partial charge < -0.3 is 18.9 Å². The number of sulfone groups is 2. The zero-order valence-corrected chi connectivity index (χ0v) is 33.6. The van der Waals surface area contributed by atoms with Gasteiger partial charge >= 0.3 is 0 Å². The summed E-state index contributed by atoms with van der Waals surface area (Å²) in [4.78, 5) is 0.624. The summed E-state index contributed by atoms with van der Waals surface area (Å²) < 4.78 is 77.7. The number of hydrogen-bond donors (Lipinski definition) is 0. The minimum absolute atomic E-state index is 0.149. The fourth-order valence-corrected chi connectivity index (χ4v) is 8.77. The highest BCUT2D eigenvalue weighted by atomic mass is 32.2. The number of benzene rings is 7. The maximum absolute atomic E-state index is 13.4. The Morgan fingerprint density at radius 3 is 0.948 bits per heavy atom. The second-order valence-electron chi connectivity index (χ2n) is 13.6. The standard InChI is InChI=1S/C48H42O8S2/c1-35(37-11-5-3-6-12-37)55-43-21-29-47(30-22-43)57(49,50)45-25-17-41(18-26-45)53-33-39-15-9-10-16-40(39)34-54-42-19-27-46(28-20-42)58(51,52)48-31-23-44(24-32-48)56-36(2)38-13-7-4-8-14-38/h3-32,35-36H,33-34H2,1-2H3. The van der Waals surface area contributed by atoms with Crippen LogP contribution in [0.1, 0.15) is 48.3 Å². The van der Waals surface area contributed by atoms with Crippen molar-refractivity contribution in [2.45, 2.75) is 58.9 Å². The predicted octanol–water partition coefficient (Wildman–Crippen LogP) is 10.8. The van der Waals surface area contributed by atoms with Crippen LogP contribution in [0.3, 0.4) is 0 Å². The molecule has 0 aliphatic carbocycles. The van der Waals surface area contributed by atoms with Gasteiger partial charge in [-0.1, -0.05) is 84.9 Å². The number of hydrogen-bond acceptors (Lipinski definition) is 8. The van der Waals surface area contributed by atoms with Crippen molar-refractivity contribution in [2.75, 3.05) is 0 Å². The lowest BCUT2D eigenvalue weighted by atomic mass is 10.1. The van der Waals surface area contributed by atoms with Crippen LogP contribution < -0.4 is 18.9 Å². The second-order valence-corrected chi connectivity index (χ2v) is 17.5. The quantitative estimate of drug-likeness (QED) is 0.0950. The molecule has 2 atom stereocenters. The summed E-state index contributed by atoms with van der Waals surface area (Å²) in [5, 5.41) is 0.